The molecule has 3 fully saturated rings. The average Bonchev–Trinajstić information content (AvgIpc) is 3.44. The summed E-state index contributed by atoms with van der Waals surface area (Å²) in [7, 11) is 1.67. The third-order valence-corrected chi connectivity index (χ3v) is 5.78. The standard InChI is InChI=1S/C18H31N3O3.ClH/c1-24-13-18(6-8-19-9-7-18)17(23)21-10-2-3-15(12-21)16(22)20-11-14-4-5-14;/h14-15,19H,2-13H2,1H3,(H,20,22);1H. The van der Waals surface area contributed by atoms with Crippen molar-refractivity contribution < 1.29 is 14.3 Å². The van der Waals surface area contributed by atoms with Crippen molar-refractivity contribution in [1.82, 2.24) is 15.5 Å². The molecule has 2 saturated heterocycles. The van der Waals surface area contributed by atoms with Crippen molar-refractivity contribution in [3.05, 3.63) is 0 Å². The zero-order valence-corrected chi connectivity index (χ0v) is 16.0. The number of likely N-dealkylation sites (tertiary alicyclic amines) is 1. The largest absolute Gasteiger partial charge is 0.384 e. The summed E-state index contributed by atoms with van der Waals surface area (Å²) in [5.41, 5.74) is -0.410. The molecule has 0 aromatic carbocycles. The number of amides is 2. The minimum absolute atomic E-state index is 0. The highest BCUT2D eigenvalue weighted by atomic mass is 35.5. The van der Waals surface area contributed by atoms with Crippen LogP contribution >= 0.6 is 12.4 Å². The molecule has 1 saturated carbocycles. The van der Waals surface area contributed by atoms with Gasteiger partial charge in [0, 0.05) is 26.7 Å². The molecule has 0 spiro atoms. The predicted molar refractivity (Wildman–Crippen MR) is 98.7 cm³/mol. The monoisotopic (exact) mass is 373 g/mol. The molecule has 2 N–H and O–H groups in total. The highest BCUT2D eigenvalue weighted by molar-refractivity contribution is 5.85. The summed E-state index contributed by atoms with van der Waals surface area (Å²) in [5.74, 6) is 0.953. The molecule has 144 valence electrons. The van der Waals surface area contributed by atoms with Crippen LogP contribution in [0, 0.1) is 17.3 Å². The number of nitrogens with zero attached hydrogens (tertiary/aromatic N) is 1. The summed E-state index contributed by atoms with van der Waals surface area (Å²) in [6.07, 6.45) is 5.91. The normalized spacial score (nSPS) is 25.8. The summed E-state index contributed by atoms with van der Waals surface area (Å²) in [4.78, 5) is 27.5. The zero-order valence-electron chi connectivity index (χ0n) is 15.2. The maximum atomic E-state index is 13.2. The first-order valence-electron chi connectivity index (χ1n) is 9.41. The van der Waals surface area contributed by atoms with Crippen LogP contribution in [-0.4, -0.2) is 63.2 Å². The summed E-state index contributed by atoms with van der Waals surface area (Å²) in [6.45, 7) is 4.33. The fourth-order valence-corrected chi connectivity index (χ4v) is 4.02. The molecular formula is C18H32ClN3O3. The van der Waals surface area contributed by atoms with Crippen molar-refractivity contribution in [3.63, 3.8) is 0 Å². The van der Waals surface area contributed by atoms with Gasteiger partial charge in [-0.25, -0.2) is 0 Å². The quantitative estimate of drug-likeness (QED) is 0.733. The first kappa shape index (κ1) is 20.5. The SMILES string of the molecule is COCC1(C(=O)N2CCCC(C(=O)NCC3CC3)C2)CCNCC1.Cl. The smallest absolute Gasteiger partial charge is 0.231 e. The lowest BCUT2D eigenvalue weighted by atomic mass is 9.77. The van der Waals surface area contributed by atoms with E-state index in [1.807, 2.05) is 4.90 Å². The molecule has 3 rings (SSSR count). The number of carbonyl (C=O) groups excluding carboxylic acids is 2. The van der Waals surface area contributed by atoms with Crippen LogP contribution in [0.1, 0.15) is 38.5 Å². The van der Waals surface area contributed by atoms with Gasteiger partial charge in [-0.05, 0) is 57.5 Å². The lowest BCUT2D eigenvalue weighted by Crippen LogP contribution is -2.55. The van der Waals surface area contributed by atoms with Crippen molar-refractivity contribution in [2.75, 3.05) is 46.4 Å². The average molecular weight is 374 g/mol. The Balaban J connectivity index is 0.00000225. The molecule has 2 aliphatic heterocycles. The number of piperidine rings is 2. The van der Waals surface area contributed by atoms with Crippen molar-refractivity contribution in [2.45, 2.75) is 38.5 Å². The first-order chi connectivity index (χ1) is 11.6. The summed E-state index contributed by atoms with van der Waals surface area (Å²) in [6, 6.07) is 0. The summed E-state index contributed by atoms with van der Waals surface area (Å²) in [5, 5.41) is 6.40. The van der Waals surface area contributed by atoms with E-state index >= 15 is 0 Å². The summed E-state index contributed by atoms with van der Waals surface area (Å²) < 4.78 is 5.39. The molecule has 2 amide bonds. The Hall–Kier alpha value is -0.850. The van der Waals surface area contributed by atoms with Crippen LogP contribution < -0.4 is 10.6 Å². The Labute approximate surface area is 156 Å². The van der Waals surface area contributed by atoms with E-state index in [4.69, 9.17) is 4.74 Å². The highest BCUT2D eigenvalue weighted by Gasteiger charge is 2.43. The lowest BCUT2D eigenvalue weighted by Gasteiger charge is -2.42. The topological polar surface area (TPSA) is 70.7 Å². The van der Waals surface area contributed by atoms with Crippen molar-refractivity contribution in [2.24, 2.45) is 17.3 Å². The van der Waals surface area contributed by atoms with Gasteiger partial charge in [0.15, 0.2) is 0 Å². The van der Waals surface area contributed by atoms with Crippen LogP contribution in [0.25, 0.3) is 0 Å². The van der Waals surface area contributed by atoms with Crippen molar-refractivity contribution >= 4 is 24.2 Å². The van der Waals surface area contributed by atoms with Gasteiger partial charge in [-0.15, -0.1) is 12.4 Å². The molecule has 1 atom stereocenters. The van der Waals surface area contributed by atoms with E-state index < -0.39 is 5.41 Å². The molecular weight excluding hydrogens is 342 g/mol. The second-order valence-electron chi connectivity index (χ2n) is 7.74. The van der Waals surface area contributed by atoms with Crippen LogP contribution in [0.3, 0.4) is 0 Å². The molecule has 1 unspecified atom stereocenters. The third kappa shape index (κ3) is 5.08. The Kier molecular flexibility index (Phi) is 7.52. The molecule has 6 nitrogen and oxygen atoms in total. The zero-order chi connectivity index (χ0) is 17.0. The number of nitrogens with one attached hydrogen (secondary N) is 2. The van der Waals surface area contributed by atoms with Crippen LogP contribution in [-0.2, 0) is 14.3 Å². The fraction of sp³-hybridized carbons (Fsp3) is 0.889. The summed E-state index contributed by atoms with van der Waals surface area (Å²) >= 11 is 0. The highest BCUT2D eigenvalue weighted by Crippen LogP contribution is 2.33. The second-order valence-corrected chi connectivity index (χ2v) is 7.74. The molecule has 3 aliphatic rings. The maximum Gasteiger partial charge on any atom is 0.231 e. The number of methoxy groups -OCH3 is 1. The van der Waals surface area contributed by atoms with Gasteiger partial charge in [0.25, 0.3) is 0 Å². The number of halogens is 1. The van der Waals surface area contributed by atoms with Gasteiger partial charge < -0.3 is 20.3 Å². The Morgan fingerprint density at radius 3 is 2.60 bits per heavy atom. The second kappa shape index (κ2) is 9.19. The number of rotatable bonds is 6. The third-order valence-electron chi connectivity index (χ3n) is 5.78. The van der Waals surface area contributed by atoms with E-state index in [0.717, 1.165) is 51.9 Å². The molecule has 0 bridgehead atoms. The van der Waals surface area contributed by atoms with Crippen molar-refractivity contribution in [3.8, 4) is 0 Å². The molecule has 0 aromatic rings. The molecule has 0 aromatic heterocycles. The van der Waals surface area contributed by atoms with Gasteiger partial charge >= 0.3 is 0 Å². The Morgan fingerprint density at radius 2 is 1.96 bits per heavy atom. The van der Waals surface area contributed by atoms with Gasteiger partial charge in [-0.3, -0.25) is 9.59 Å². The van der Waals surface area contributed by atoms with Gasteiger partial charge in [0.05, 0.1) is 17.9 Å². The van der Waals surface area contributed by atoms with E-state index in [-0.39, 0.29) is 30.1 Å². The van der Waals surface area contributed by atoms with Crippen LogP contribution in [0.2, 0.25) is 0 Å². The number of ether oxygens (including phenoxy) is 1. The first-order valence-corrected chi connectivity index (χ1v) is 9.41. The Morgan fingerprint density at radius 1 is 1.24 bits per heavy atom. The van der Waals surface area contributed by atoms with Gasteiger partial charge in [-0.1, -0.05) is 0 Å². The van der Waals surface area contributed by atoms with Crippen molar-refractivity contribution in [1.29, 1.82) is 0 Å². The number of carbonyl (C=O) groups is 2. The lowest BCUT2D eigenvalue weighted by molar-refractivity contribution is -0.150. The minimum Gasteiger partial charge on any atom is -0.384 e. The van der Waals surface area contributed by atoms with Crippen LogP contribution in [0.15, 0.2) is 0 Å². The van der Waals surface area contributed by atoms with E-state index in [2.05, 4.69) is 10.6 Å². The predicted octanol–water partition coefficient (Wildman–Crippen LogP) is 1.19. The molecule has 7 heteroatoms. The van der Waals surface area contributed by atoms with E-state index in [1.54, 1.807) is 7.11 Å². The van der Waals surface area contributed by atoms with Crippen LogP contribution in [0.5, 0.6) is 0 Å². The van der Waals surface area contributed by atoms with Crippen LogP contribution in [0.4, 0.5) is 0 Å². The molecule has 1 aliphatic carbocycles. The number of hydrogen-bond acceptors (Lipinski definition) is 4. The van der Waals surface area contributed by atoms with E-state index in [9.17, 15) is 9.59 Å². The molecule has 25 heavy (non-hydrogen) atoms. The Bertz CT molecular complexity index is 459. The van der Waals surface area contributed by atoms with Gasteiger partial charge in [0.1, 0.15) is 0 Å². The van der Waals surface area contributed by atoms with E-state index in [1.165, 1.54) is 12.8 Å². The number of hydrogen-bond donors (Lipinski definition) is 2. The van der Waals surface area contributed by atoms with E-state index in [0.29, 0.717) is 19.1 Å². The molecule has 2 heterocycles. The molecule has 0 radical (unpaired) electrons. The van der Waals surface area contributed by atoms with Gasteiger partial charge in [-0.2, -0.15) is 0 Å². The maximum absolute atomic E-state index is 13.2. The van der Waals surface area contributed by atoms with Gasteiger partial charge in [0.2, 0.25) is 11.8 Å². The fourth-order valence-electron chi connectivity index (χ4n) is 4.02. The minimum atomic E-state index is -0.410.